The zero-order valence-corrected chi connectivity index (χ0v) is 8.75. The van der Waals surface area contributed by atoms with Gasteiger partial charge in [-0.15, -0.1) is 0 Å². The van der Waals surface area contributed by atoms with Crippen LogP contribution < -0.4 is 11.1 Å². The first-order chi connectivity index (χ1) is 6.33. The second-order valence-corrected chi connectivity index (χ2v) is 2.88. The lowest BCUT2D eigenvalue weighted by atomic mass is 10.1. The number of nitrogens with two attached hydrogens (primary N) is 1. The summed E-state index contributed by atoms with van der Waals surface area (Å²) in [5.41, 5.74) is 5.90. The molecule has 1 rings (SSSR count). The van der Waals surface area contributed by atoms with Gasteiger partial charge in [-0.2, -0.15) is 0 Å². The number of hydrogen-bond donors (Lipinski definition) is 2. The van der Waals surface area contributed by atoms with E-state index in [1.165, 1.54) is 12.6 Å². The molecule has 1 aromatic carbocycles. The van der Waals surface area contributed by atoms with Crippen LogP contribution in [0, 0.1) is 0 Å². The molecule has 1 atom stereocenters. The lowest BCUT2D eigenvalue weighted by molar-refractivity contribution is 0.608. The third kappa shape index (κ3) is 5.39. The molecule has 0 aromatic heterocycles. The van der Waals surface area contributed by atoms with Crippen LogP contribution in [0.3, 0.4) is 0 Å². The highest BCUT2D eigenvalue weighted by Gasteiger charge is 1.97. The first-order valence-electron chi connectivity index (χ1n) is 4.62. The first-order valence-corrected chi connectivity index (χ1v) is 4.62. The Morgan fingerprint density at radius 1 is 1.23 bits per heavy atom. The van der Waals surface area contributed by atoms with E-state index in [9.17, 15) is 0 Å². The Morgan fingerprint density at radius 3 is 2.23 bits per heavy atom. The highest BCUT2D eigenvalue weighted by Crippen LogP contribution is 2.01. The van der Waals surface area contributed by atoms with Crippen LogP contribution in [0.1, 0.15) is 12.5 Å². The van der Waals surface area contributed by atoms with E-state index in [1.54, 1.807) is 0 Å². The maximum absolute atomic E-state index is 4.50. The van der Waals surface area contributed by atoms with Crippen molar-refractivity contribution in [3.8, 4) is 0 Å². The topological polar surface area (TPSA) is 38.0 Å². The Labute approximate surface area is 81.2 Å². The lowest BCUT2D eigenvalue weighted by Gasteiger charge is -2.08. The van der Waals surface area contributed by atoms with E-state index in [2.05, 4.69) is 42.2 Å². The molecular formula is C11H20N2. The normalized spacial score (nSPS) is 11.4. The fraction of sp³-hybridized carbons (Fsp3) is 0.455. The molecule has 0 spiro atoms. The van der Waals surface area contributed by atoms with Gasteiger partial charge in [0.05, 0.1) is 0 Å². The third-order valence-electron chi connectivity index (χ3n) is 1.88. The van der Waals surface area contributed by atoms with Crippen LogP contribution in [0.25, 0.3) is 0 Å². The largest absolute Gasteiger partial charge is 0.333 e. The van der Waals surface area contributed by atoms with Gasteiger partial charge >= 0.3 is 0 Å². The van der Waals surface area contributed by atoms with Crippen LogP contribution in [0.5, 0.6) is 0 Å². The Hall–Kier alpha value is -0.860. The monoisotopic (exact) mass is 180 g/mol. The molecule has 0 heterocycles. The van der Waals surface area contributed by atoms with E-state index in [0.717, 1.165) is 6.42 Å². The SMILES string of the molecule is CN.CNC(C)Cc1ccccc1. The van der Waals surface area contributed by atoms with E-state index in [0.29, 0.717) is 6.04 Å². The van der Waals surface area contributed by atoms with Gasteiger partial charge in [-0.05, 0) is 33.0 Å². The van der Waals surface area contributed by atoms with Gasteiger partial charge in [0.25, 0.3) is 0 Å². The summed E-state index contributed by atoms with van der Waals surface area (Å²) in [6.07, 6.45) is 1.11. The first kappa shape index (κ1) is 12.1. The van der Waals surface area contributed by atoms with E-state index in [1.807, 2.05) is 13.1 Å². The third-order valence-corrected chi connectivity index (χ3v) is 1.88. The summed E-state index contributed by atoms with van der Waals surface area (Å²) in [4.78, 5) is 0. The van der Waals surface area contributed by atoms with Gasteiger partial charge in [0.1, 0.15) is 0 Å². The summed E-state index contributed by atoms with van der Waals surface area (Å²) in [5, 5.41) is 3.21. The molecule has 0 radical (unpaired) electrons. The molecule has 0 saturated carbocycles. The Balaban J connectivity index is 0.000000671. The molecule has 0 aliphatic heterocycles. The average molecular weight is 180 g/mol. The summed E-state index contributed by atoms with van der Waals surface area (Å²) in [7, 11) is 3.49. The predicted octanol–water partition coefficient (Wildman–Crippen LogP) is 1.41. The van der Waals surface area contributed by atoms with Crippen LogP contribution in [-0.4, -0.2) is 20.1 Å². The van der Waals surface area contributed by atoms with E-state index < -0.39 is 0 Å². The summed E-state index contributed by atoms with van der Waals surface area (Å²) in [6.45, 7) is 2.19. The van der Waals surface area contributed by atoms with Crippen molar-refractivity contribution in [3.05, 3.63) is 35.9 Å². The molecular weight excluding hydrogens is 160 g/mol. The van der Waals surface area contributed by atoms with Gasteiger partial charge < -0.3 is 11.1 Å². The summed E-state index contributed by atoms with van der Waals surface area (Å²) in [5.74, 6) is 0. The summed E-state index contributed by atoms with van der Waals surface area (Å²) in [6, 6.07) is 11.1. The van der Waals surface area contributed by atoms with Crippen molar-refractivity contribution < 1.29 is 0 Å². The van der Waals surface area contributed by atoms with E-state index in [-0.39, 0.29) is 0 Å². The van der Waals surface area contributed by atoms with Gasteiger partial charge in [0, 0.05) is 6.04 Å². The highest BCUT2D eigenvalue weighted by atomic mass is 14.8. The van der Waals surface area contributed by atoms with Gasteiger partial charge in [-0.1, -0.05) is 30.3 Å². The quantitative estimate of drug-likeness (QED) is 0.738. The van der Waals surface area contributed by atoms with Crippen molar-refractivity contribution >= 4 is 0 Å². The molecule has 2 heteroatoms. The van der Waals surface area contributed by atoms with Crippen molar-refractivity contribution in [3.63, 3.8) is 0 Å². The number of benzene rings is 1. The van der Waals surface area contributed by atoms with Gasteiger partial charge in [0.2, 0.25) is 0 Å². The average Bonchev–Trinajstić information content (AvgIpc) is 2.22. The fourth-order valence-electron chi connectivity index (χ4n) is 1.07. The zero-order valence-electron chi connectivity index (χ0n) is 8.75. The second-order valence-electron chi connectivity index (χ2n) is 2.88. The maximum Gasteiger partial charge on any atom is 0.00761 e. The molecule has 2 nitrogen and oxygen atoms in total. The predicted molar refractivity (Wildman–Crippen MR) is 58.8 cm³/mol. The van der Waals surface area contributed by atoms with Gasteiger partial charge in [-0.25, -0.2) is 0 Å². The molecule has 0 bridgehead atoms. The molecule has 13 heavy (non-hydrogen) atoms. The van der Waals surface area contributed by atoms with Crippen LogP contribution in [-0.2, 0) is 6.42 Å². The zero-order chi connectivity index (χ0) is 10.1. The Morgan fingerprint density at radius 2 is 1.77 bits per heavy atom. The molecule has 1 aromatic rings. The van der Waals surface area contributed by atoms with Crippen molar-refractivity contribution in [2.75, 3.05) is 14.1 Å². The van der Waals surface area contributed by atoms with Crippen LogP contribution in [0.4, 0.5) is 0 Å². The molecule has 3 N–H and O–H groups in total. The Kier molecular flexibility index (Phi) is 7.26. The Bertz CT molecular complexity index is 197. The van der Waals surface area contributed by atoms with E-state index in [4.69, 9.17) is 0 Å². The maximum atomic E-state index is 4.50. The number of likely N-dealkylation sites (N-methyl/N-ethyl adjacent to an activating group) is 1. The molecule has 74 valence electrons. The van der Waals surface area contributed by atoms with Crippen molar-refractivity contribution in [2.45, 2.75) is 19.4 Å². The summed E-state index contributed by atoms with van der Waals surface area (Å²) >= 11 is 0. The number of hydrogen-bond acceptors (Lipinski definition) is 2. The van der Waals surface area contributed by atoms with Gasteiger partial charge in [-0.3, -0.25) is 0 Å². The summed E-state index contributed by atoms with van der Waals surface area (Å²) < 4.78 is 0. The molecule has 0 aliphatic carbocycles. The number of rotatable bonds is 3. The van der Waals surface area contributed by atoms with Gasteiger partial charge in [0.15, 0.2) is 0 Å². The highest BCUT2D eigenvalue weighted by molar-refractivity contribution is 5.15. The molecule has 0 aliphatic rings. The lowest BCUT2D eigenvalue weighted by Crippen LogP contribution is -2.23. The minimum Gasteiger partial charge on any atom is -0.333 e. The van der Waals surface area contributed by atoms with Crippen molar-refractivity contribution in [1.29, 1.82) is 0 Å². The molecule has 0 amide bonds. The molecule has 0 fully saturated rings. The minimum absolute atomic E-state index is 0.567. The minimum atomic E-state index is 0.567. The van der Waals surface area contributed by atoms with Crippen LogP contribution in [0.15, 0.2) is 30.3 Å². The van der Waals surface area contributed by atoms with Crippen molar-refractivity contribution in [2.24, 2.45) is 5.73 Å². The van der Waals surface area contributed by atoms with Crippen LogP contribution in [0.2, 0.25) is 0 Å². The second kappa shape index (κ2) is 7.77. The van der Waals surface area contributed by atoms with Crippen molar-refractivity contribution in [1.82, 2.24) is 5.32 Å². The standard InChI is InChI=1S/C10H15N.CH5N/c1-9(11-2)8-10-6-4-3-5-7-10;1-2/h3-7,9,11H,8H2,1-2H3;2H2,1H3. The van der Waals surface area contributed by atoms with E-state index >= 15 is 0 Å². The molecule has 0 saturated heterocycles. The molecule has 1 unspecified atom stereocenters. The number of nitrogens with one attached hydrogen (secondary N) is 1. The smallest absolute Gasteiger partial charge is 0.00761 e. The fourth-order valence-corrected chi connectivity index (χ4v) is 1.07. The van der Waals surface area contributed by atoms with Crippen LogP contribution >= 0.6 is 0 Å².